The van der Waals surface area contributed by atoms with E-state index in [0.29, 0.717) is 16.9 Å². The molecule has 4 aliphatic carbocycles. The summed E-state index contributed by atoms with van der Waals surface area (Å²) in [4.78, 5) is 0. The van der Waals surface area contributed by atoms with E-state index in [9.17, 15) is 0 Å². The lowest BCUT2D eigenvalue weighted by Crippen LogP contribution is -2.57. The molecule has 0 saturated heterocycles. The van der Waals surface area contributed by atoms with E-state index in [1.54, 1.807) is 11.1 Å². The first-order chi connectivity index (χ1) is 19.1. The summed E-state index contributed by atoms with van der Waals surface area (Å²) in [6.07, 6.45) is 14.8. The predicted molar refractivity (Wildman–Crippen MR) is 180 cm³/mol. The molecule has 6 atom stereocenters. The van der Waals surface area contributed by atoms with Gasteiger partial charge < -0.3 is 9.74 Å². The number of rotatable bonds is 8. The number of fused-ring (bicyclic) bond motifs is 4. The Morgan fingerprint density at radius 2 is 1.68 bits per heavy atom. The highest BCUT2D eigenvalue weighted by molar-refractivity contribution is 6.74. The number of anilines is 1. The molecule has 1 saturated carbocycles. The van der Waals surface area contributed by atoms with Gasteiger partial charge in [-0.25, -0.2) is 0 Å². The lowest BCUT2D eigenvalue weighted by atomic mass is 9.46. The monoisotopic (exact) mass is 575 g/mol. The molecule has 0 amide bonds. The molecular formula is C38H61NOSi. The molecule has 5 rings (SSSR count). The summed E-state index contributed by atoms with van der Waals surface area (Å²) >= 11 is 0. The normalized spacial score (nSPS) is 33.9. The van der Waals surface area contributed by atoms with Gasteiger partial charge in [-0.1, -0.05) is 85.2 Å². The molecule has 0 aliphatic heterocycles. The van der Waals surface area contributed by atoms with E-state index in [1.807, 2.05) is 5.57 Å². The van der Waals surface area contributed by atoms with Gasteiger partial charge in [0.15, 0.2) is 8.32 Å². The zero-order valence-corrected chi connectivity index (χ0v) is 29.3. The van der Waals surface area contributed by atoms with E-state index in [1.165, 1.54) is 63.5 Å². The van der Waals surface area contributed by atoms with Crippen molar-refractivity contribution >= 4 is 14.0 Å². The van der Waals surface area contributed by atoms with Crippen LogP contribution in [-0.2, 0) is 4.43 Å². The van der Waals surface area contributed by atoms with Crippen LogP contribution in [-0.4, -0.2) is 21.0 Å². The van der Waals surface area contributed by atoms with Gasteiger partial charge in [0.2, 0.25) is 0 Å². The van der Waals surface area contributed by atoms with Crippen LogP contribution in [0.2, 0.25) is 18.1 Å². The van der Waals surface area contributed by atoms with Crippen LogP contribution in [0.15, 0.2) is 53.1 Å². The molecule has 0 bridgehead atoms. The fraction of sp³-hybridized carbons (Fsp3) is 0.737. The topological polar surface area (TPSA) is 21.3 Å². The highest BCUT2D eigenvalue weighted by Gasteiger charge is 2.58. The summed E-state index contributed by atoms with van der Waals surface area (Å²) in [6.45, 7) is 26.1. The first kappa shape index (κ1) is 31.1. The summed E-state index contributed by atoms with van der Waals surface area (Å²) in [5, 5.41) is 3.89. The zero-order chi connectivity index (χ0) is 29.8. The molecule has 2 nitrogen and oxygen atoms in total. The van der Waals surface area contributed by atoms with Gasteiger partial charge in [0.1, 0.15) is 0 Å². The maximum atomic E-state index is 7.19. The Kier molecular flexibility index (Phi) is 8.34. The summed E-state index contributed by atoms with van der Waals surface area (Å²) in [5.41, 5.74) is 7.60. The van der Waals surface area contributed by atoms with Crippen LogP contribution in [0.25, 0.3) is 0 Å². The van der Waals surface area contributed by atoms with E-state index in [2.05, 4.69) is 110 Å². The number of benzene rings is 1. The molecular weight excluding hydrogens is 515 g/mol. The van der Waals surface area contributed by atoms with E-state index in [4.69, 9.17) is 4.43 Å². The third-order valence-electron chi connectivity index (χ3n) is 13.3. The van der Waals surface area contributed by atoms with E-state index in [-0.39, 0.29) is 10.5 Å². The lowest BCUT2D eigenvalue weighted by Gasteiger charge is -2.61. The van der Waals surface area contributed by atoms with E-state index in [0.717, 1.165) is 24.3 Å². The molecule has 1 N–H and O–H groups in total. The standard InChI is InChI=1S/C38H61NOSi/c1-27(15-14-26-39-28-16-12-11-13-17-28)30-19-20-31-29-18-21-33-36(5,6)34(40-41(9,10)35(2,3)4)23-25-38(33,8)32(29)22-24-37(30,31)7/h11-13,16-17,20,27,30,33-34,39H,14-15,18-19,21-26H2,1-10H3/t27-,30-,33+,34+,37-,38-/m1/s1. The fourth-order valence-corrected chi connectivity index (χ4v) is 11.2. The minimum Gasteiger partial charge on any atom is -0.413 e. The quantitative estimate of drug-likeness (QED) is 0.246. The van der Waals surface area contributed by atoms with Crippen molar-refractivity contribution in [3.8, 4) is 0 Å². The Balaban J connectivity index is 1.28. The van der Waals surface area contributed by atoms with Crippen molar-refractivity contribution in [1.82, 2.24) is 0 Å². The Morgan fingerprint density at radius 1 is 0.976 bits per heavy atom. The van der Waals surface area contributed by atoms with Crippen molar-refractivity contribution in [2.75, 3.05) is 11.9 Å². The molecule has 1 aromatic rings. The van der Waals surface area contributed by atoms with Crippen molar-refractivity contribution < 1.29 is 4.43 Å². The average Bonchev–Trinajstić information content (AvgIpc) is 3.25. The molecule has 228 valence electrons. The third kappa shape index (κ3) is 5.45. The van der Waals surface area contributed by atoms with Crippen LogP contribution in [0.1, 0.15) is 113 Å². The van der Waals surface area contributed by atoms with E-state index >= 15 is 0 Å². The largest absolute Gasteiger partial charge is 0.413 e. The number of hydrogen-bond acceptors (Lipinski definition) is 2. The minimum atomic E-state index is -1.80. The maximum absolute atomic E-state index is 7.19. The van der Waals surface area contributed by atoms with Crippen molar-refractivity contribution in [1.29, 1.82) is 0 Å². The zero-order valence-electron chi connectivity index (χ0n) is 28.3. The number of hydrogen-bond donors (Lipinski definition) is 1. The molecule has 4 aliphatic rings. The molecule has 1 aromatic carbocycles. The van der Waals surface area contributed by atoms with Gasteiger partial charge in [-0.2, -0.15) is 0 Å². The highest BCUT2D eigenvalue weighted by atomic mass is 28.4. The van der Waals surface area contributed by atoms with Crippen molar-refractivity contribution in [3.63, 3.8) is 0 Å². The van der Waals surface area contributed by atoms with Crippen LogP contribution >= 0.6 is 0 Å². The van der Waals surface area contributed by atoms with Crippen molar-refractivity contribution in [3.05, 3.63) is 53.1 Å². The first-order valence-electron chi connectivity index (χ1n) is 17.0. The predicted octanol–water partition coefficient (Wildman–Crippen LogP) is 11.2. The van der Waals surface area contributed by atoms with Gasteiger partial charge >= 0.3 is 0 Å². The Morgan fingerprint density at radius 3 is 2.37 bits per heavy atom. The maximum Gasteiger partial charge on any atom is 0.192 e. The van der Waals surface area contributed by atoms with Gasteiger partial charge in [-0.15, -0.1) is 0 Å². The minimum absolute atomic E-state index is 0.219. The van der Waals surface area contributed by atoms with E-state index < -0.39 is 8.32 Å². The fourth-order valence-electron chi connectivity index (χ4n) is 9.72. The van der Waals surface area contributed by atoms with Crippen LogP contribution in [0, 0.1) is 34.0 Å². The summed E-state index contributed by atoms with van der Waals surface area (Å²) in [6, 6.07) is 10.7. The molecule has 0 aromatic heterocycles. The van der Waals surface area contributed by atoms with Crippen molar-refractivity contribution in [2.24, 2.45) is 34.0 Å². The Bertz CT molecular complexity index is 1160. The lowest BCUT2D eigenvalue weighted by molar-refractivity contribution is -0.0839. The summed E-state index contributed by atoms with van der Waals surface area (Å²) in [7, 11) is -1.80. The van der Waals surface area contributed by atoms with Crippen LogP contribution in [0.3, 0.4) is 0 Å². The summed E-state index contributed by atoms with van der Waals surface area (Å²) < 4.78 is 7.19. The smallest absolute Gasteiger partial charge is 0.192 e. The Labute approximate surface area is 254 Å². The van der Waals surface area contributed by atoms with Gasteiger partial charge in [-0.3, -0.25) is 0 Å². The van der Waals surface area contributed by atoms with Crippen LogP contribution < -0.4 is 5.32 Å². The SMILES string of the molecule is C[C@H](CCCNc1ccccc1)[C@H]1CC=C2C3=C(CC[C@@]21C)[C@@]1(C)CC[C@H](O[Si](C)(C)C(C)(C)C)C(C)(C)[C@@H]1CC3. The molecule has 41 heavy (non-hydrogen) atoms. The number of allylic oxidation sites excluding steroid dienone is 4. The van der Waals surface area contributed by atoms with Crippen LogP contribution in [0.5, 0.6) is 0 Å². The molecule has 3 heteroatoms. The second kappa shape index (κ2) is 11.0. The van der Waals surface area contributed by atoms with Gasteiger partial charge in [0.25, 0.3) is 0 Å². The first-order valence-corrected chi connectivity index (χ1v) is 19.9. The van der Waals surface area contributed by atoms with Gasteiger partial charge in [0.05, 0.1) is 6.10 Å². The second-order valence-corrected chi connectivity index (χ2v) is 21.7. The summed E-state index contributed by atoms with van der Waals surface area (Å²) in [5.74, 6) is 2.27. The van der Waals surface area contributed by atoms with Crippen LogP contribution in [0.4, 0.5) is 5.69 Å². The average molecular weight is 576 g/mol. The highest BCUT2D eigenvalue weighted by Crippen LogP contribution is 2.67. The molecule has 0 radical (unpaired) electrons. The molecule has 0 heterocycles. The number of nitrogens with one attached hydrogen (secondary N) is 1. The van der Waals surface area contributed by atoms with Crippen molar-refractivity contribution in [2.45, 2.75) is 137 Å². The van der Waals surface area contributed by atoms with Gasteiger partial charge in [-0.05, 0) is 133 Å². The molecule has 0 spiro atoms. The van der Waals surface area contributed by atoms with Gasteiger partial charge in [0, 0.05) is 12.2 Å². The molecule has 0 unspecified atom stereocenters. The second-order valence-electron chi connectivity index (χ2n) is 17.0. The molecule has 1 fully saturated rings. The number of para-hydroxylation sites is 1. The Hall–Kier alpha value is -1.32. The third-order valence-corrected chi connectivity index (χ3v) is 17.7.